The number of halogens is 2. The Balaban J connectivity index is 1.86. The Morgan fingerprint density at radius 1 is 0.932 bits per heavy atom. The maximum Gasteiger partial charge on any atom is 0.357 e. The largest absolute Gasteiger partial charge is 0.497 e. The van der Waals surface area contributed by atoms with Crippen LogP contribution in [0.2, 0.25) is 5.02 Å². The van der Waals surface area contributed by atoms with Crippen molar-refractivity contribution >= 4 is 23.4 Å². The number of hydrogen-bond acceptors (Lipinski definition) is 8. The fourth-order valence-electron chi connectivity index (χ4n) is 4.82. The van der Waals surface area contributed by atoms with E-state index in [-0.39, 0.29) is 34.5 Å². The van der Waals surface area contributed by atoms with Crippen molar-refractivity contribution in [1.29, 1.82) is 0 Å². The van der Waals surface area contributed by atoms with E-state index in [1.807, 2.05) is 57.2 Å². The zero-order valence-corrected chi connectivity index (χ0v) is 26.6. The monoisotopic (exact) mass is 621 g/mol. The van der Waals surface area contributed by atoms with E-state index in [2.05, 4.69) is 10.3 Å². The molecule has 0 atom stereocenters. The number of carbonyl (C=O) groups is 1. The van der Waals surface area contributed by atoms with Crippen molar-refractivity contribution < 1.29 is 28.1 Å². The van der Waals surface area contributed by atoms with E-state index in [1.54, 1.807) is 14.2 Å². The Bertz CT molecular complexity index is 1650. The zero-order chi connectivity index (χ0) is 31.8. The lowest BCUT2D eigenvalue weighted by atomic mass is 9.99. The highest BCUT2D eigenvalue weighted by atomic mass is 35.5. The lowest BCUT2D eigenvalue weighted by Crippen LogP contribution is -2.17. The predicted octanol–water partition coefficient (Wildman–Crippen LogP) is 7.54. The first-order valence-corrected chi connectivity index (χ1v) is 14.7. The molecule has 0 saturated heterocycles. The molecule has 232 valence electrons. The number of nitrogens with one attached hydrogen (secondary N) is 1. The summed E-state index contributed by atoms with van der Waals surface area (Å²) in [5, 5.41) is 3.48. The molecule has 0 spiro atoms. The van der Waals surface area contributed by atoms with Gasteiger partial charge in [-0.15, -0.1) is 0 Å². The fraction of sp³-hybridized carbons (Fsp3) is 0.324. The quantitative estimate of drug-likeness (QED) is 0.153. The average Bonchev–Trinajstić information content (AvgIpc) is 3.02. The topological polar surface area (TPSA) is 91.8 Å². The van der Waals surface area contributed by atoms with Crippen LogP contribution in [0.3, 0.4) is 0 Å². The second kappa shape index (κ2) is 14.9. The van der Waals surface area contributed by atoms with Gasteiger partial charge in [0.1, 0.15) is 17.3 Å². The minimum absolute atomic E-state index is 0.0105. The van der Waals surface area contributed by atoms with Crippen LogP contribution in [0.5, 0.6) is 17.2 Å². The first-order valence-electron chi connectivity index (χ1n) is 14.3. The molecular formula is C34H37ClFN3O5. The number of benzene rings is 3. The van der Waals surface area contributed by atoms with E-state index >= 15 is 4.39 Å². The van der Waals surface area contributed by atoms with Crippen molar-refractivity contribution in [2.75, 3.05) is 33.3 Å². The molecule has 3 aromatic carbocycles. The standard InChI is InChI=1S/C34H37ClFN3O5/c1-7-16-44-34(40)30-26(13-11-22-10-12-24(41-4)18-21(22)3)32(37-19-23-9-8-20(2)17-28(23)42-5)39-33(38-30)25-14-15-27(35)31(43-6)29(25)36/h8-10,12,14-15,17-18H,7,11,13,16,19H2,1-6H3,(H,37,38,39). The van der Waals surface area contributed by atoms with Crippen LogP contribution >= 0.6 is 11.6 Å². The third kappa shape index (κ3) is 7.39. The summed E-state index contributed by atoms with van der Waals surface area (Å²) in [6.07, 6.45) is 1.62. The van der Waals surface area contributed by atoms with Crippen molar-refractivity contribution in [2.45, 2.75) is 46.6 Å². The number of aromatic nitrogens is 2. The Labute approximate surface area is 262 Å². The Kier molecular flexibility index (Phi) is 11.0. The second-order valence-electron chi connectivity index (χ2n) is 10.3. The van der Waals surface area contributed by atoms with Gasteiger partial charge in [-0.3, -0.25) is 0 Å². The number of rotatable bonds is 13. The van der Waals surface area contributed by atoms with Crippen molar-refractivity contribution in [2.24, 2.45) is 0 Å². The second-order valence-corrected chi connectivity index (χ2v) is 10.7. The molecule has 0 radical (unpaired) electrons. The van der Waals surface area contributed by atoms with Crippen LogP contribution in [0, 0.1) is 19.7 Å². The third-order valence-electron chi connectivity index (χ3n) is 7.21. The molecule has 4 rings (SSSR count). The van der Waals surface area contributed by atoms with Gasteiger partial charge in [0.15, 0.2) is 23.1 Å². The van der Waals surface area contributed by atoms with Crippen LogP contribution in [0.4, 0.5) is 10.2 Å². The van der Waals surface area contributed by atoms with E-state index in [0.29, 0.717) is 42.9 Å². The molecule has 1 N–H and O–H groups in total. The van der Waals surface area contributed by atoms with Gasteiger partial charge in [0, 0.05) is 17.7 Å². The maximum absolute atomic E-state index is 15.6. The van der Waals surface area contributed by atoms with Crippen LogP contribution in [0.1, 0.15) is 51.7 Å². The fourth-order valence-corrected chi connectivity index (χ4v) is 5.05. The average molecular weight is 622 g/mol. The summed E-state index contributed by atoms with van der Waals surface area (Å²) in [6.45, 7) is 6.43. The molecule has 0 aliphatic carbocycles. The number of ether oxygens (including phenoxy) is 4. The molecule has 0 unspecified atom stereocenters. The molecule has 10 heteroatoms. The van der Waals surface area contributed by atoms with Gasteiger partial charge in [-0.25, -0.2) is 19.2 Å². The Hall–Kier alpha value is -4.37. The van der Waals surface area contributed by atoms with Crippen LogP contribution in [0.25, 0.3) is 11.4 Å². The lowest BCUT2D eigenvalue weighted by molar-refractivity contribution is 0.0496. The molecule has 0 aliphatic rings. The number of methoxy groups -OCH3 is 3. The molecule has 1 heterocycles. The minimum atomic E-state index is -0.736. The van der Waals surface area contributed by atoms with Crippen LogP contribution < -0.4 is 19.5 Å². The molecule has 44 heavy (non-hydrogen) atoms. The van der Waals surface area contributed by atoms with Gasteiger partial charge < -0.3 is 24.3 Å². The van der Waals surface area contributed by atoms with Gasteiger partial charge in [0.2, 0.25) is 0 Å². The van der Waals surface area contributed by atoms with Gasteiger partial charge in [0.05, 0.1) is 38.5 Å². The number of hydrogen-bond donors (Lipinski definition) is 1. The Morgan fingerprint density at radius 2 is 1.70 bits per heavy atom. The van der Waals surface area contributed by atoms with E-state index in [1.165, 1.54) is 19.2 Å². The van der Waals surface area contributed by atoms with E-state index in [4.69, 9.17) is 35.5 Å². The smallest absolute Gasteiger partial charge is 0.357 e. The van der Waals surface area contributed by atoms with Gasteiger partial charge in [-0.05, 0) is 80.1 Å². The summed E-state index contributed by atoms with van der Waals surface area (Å²) < 4.78 is 37.3. The summed E-state index contributed by atoms with van der Waals surface area (Å²) in [7, 11) is 4.57. The minimum Gasteiger partial charge on any atom is -0.497 e. The van der Waals surface area contributed by atoms with Crippen molar-refractivity contribution in [3.05, 3.63) is 92.9 Å². The van der Waals surface area contributed by atoms with Gasteiger partial charge in [-0.1, -0.05) is 36.7 Å². The molecule has 0 saturated carbocycles. The molecule has 0 amide bonds. The molecule has 0 bridgehead atoms. The van der Waals surface area contributed by atoms with Crippen molar-refractivity contribution in [3.63, 3.8) is 0 Å². The van der Waals surface area contributed by atoms with E-state index < -0.39 is 11.8 Å². The SMILES string of the molecule is CCCOC(=O)c1nc(-c2ccc(Cl)c(OC)c2F)nc(NCc2ccc(C)cc2OC)c1CCc1ccc(OC)cc1C. The molecule has 1 aromatic heterocycles. The zero-order valence-electron chi connectivity index (χ0n) is 25.8. The van der Waals surface area contributed by atoms with E-state index in [0.717, 1.165) is 28.0 Å². The number of carbonyl (C=O) groups excluding carboxylic acids is 1. The van der Waals surface area contributed by atoms with Gasteiger partial charge in [-0.2, -0.15) is 0 Å². The van der Waals surface area contributed by atoms with E-state index in [9.17, 15) is 4.79 Å². The number of aryl methyl sites for hydroxylation is 3. The van der Waals surface area contributed by atoms with Crippen LogP contribution in [0.15, 0.2) is 48.5 Å². The first-order chi connectivity index (χ1) is 21.2. The van der Waals surface area contributed by atoms with Crippen molar-refractivity contribution in [1.82, 2.24) is 9.97 Å². The number of anilines is 1. The van der Waals surface area contributed by atoms with Crippen molar-refractivity contribution in [3.8, 4) is 28.6 Å². The number of esters is 1. The highest BCUT2D eigenvalue weighted by molar-refractivity contribution is 6.32. The summed E-state index contributed by atoms with van der Waals surface area (Å²) in [4.78, 5) is 22.8. The number of nitrogens with zero attached hydrogens (tertiary/aromatic N) is 2. The predicted molar refractivity (Wildman–Crippen MR) is 170 cm³/mol. The maximum atomic E-state index is 15.6. The summed E-state index contributed by atoms with van der Waals surface area (Å²) >= 11 is 6.16. The molecule has 8 nitrogen and oxygen atoms in total. The van der Waals surface area contributed by atoms with Crippen LogP contribution in [-0.4, -0.2) is 43.9 Å². The van der Waals surface area contributed by atoms with Gasteiger partial charge in [0.25, 0.3) is 0 Å². The highest BCUT2D eigenvalue weighted by Gasteiger charge is 2.25. The van der Waals surface area contributed by atoms with Crippen LogP contribution in [-0.2, 0) is 24.1 Å². The third-order valence-corrected chi connectivity index (χ3v) is 7.51. The highest BCUT2D eigenvalue weighted by Crippen LogP contribution is 2.35. The molecular weight excluding hydrogens is 585 g/mol. The first kappa shape index (κ1) is 32.5. The lowest BCUT2D eigenvalue weighted by Gasteiger charge is -2.18. The van der Waals surface area contributed by atoms with Gasteiger partial charge >= 0.3 is 5.97 Å². The summed E-state index contributed by atoms with van der Waals surface area (Å²) in [5.74, 6) is 0.343. The Morgan fingerprint density at radius 3 is 2.39 bits per heavy atom. The summed E-state index contributed by atoms with van der Waals surface area (Å²) in [6, 6.07) is 14.7. The molecule has 4 aromatic rings. The normalized spacial score (nSPS) is 10.8. The summed E-state index contributed by atoms with van der Waals surface area (Å²) in [5.41, 5.74) is 4.69. The molecule has 0 aliphatic heterocycles. The molecule has 0 fully saturated rings.